The molecule has 1 heterocycles. The van der Waals surface area contributed by atoms with Crippen LogP contribution in [0.25, 0.3) is 0 Å². The molecule has 2 rings (SSSR count). The van der Waals surface area contributed by atoms with E-state index in [2.05, 4.69) is 4.98 Å². The molecule has 0 saturated heterocycles. The van der Waals surface area contributed by atoms with Crippen molar-refractivity contribution in [1.29, 1.82) is 0 Å². The molecule has 0 unspecified atom stereocenters. The Labute approximate surface area is 114 Å². The van der Waals surface area contributed by atoms with Gasteiger partial charge in [0.1, 0.15) is 5.75 Å². The Bertz CT molecular complexity index is 585. The first-order chi connectivity index (χ1) is 9.09. The number of Topliss-reactive ketones (excluding diaryl/α,β-unsaturated/α-hetero) is 2. The largest absolute Gasteiger partial charge is 0.507 e. The number of hydrogen-bond acceptors (Lipinski definition) is 4. The minimum absolute atomic E-state index is 0.126. The van der Waals surface area contributed by atoms with Crippen molar-refractivity contribution in [3.8, 4) is 5.75 Å². The third-order valence-corrected chi connectivity index (χ3v) is 2.90. The molecule has 4 nitrogen and oxygen atoms in total. The fourth-order valence-electron chi connectivity index (χ4n) is 1.65. The zero-order valence-electron chi connectivity index (χ0n) is 9.84. The van der Waals surface area contributed by atoms with Gasteiger partial charge in [-0.2, -0.15) is 0 Å². The third-order valence-electron chi connectivity index (χ3n) is 2.60. The summed E-state index contributed by atoms with van der Waals surface area (Å²) in [5.74, 6) is -0.988. The number of halogens is 1. The van der Waals surface area contributed by atoms with Crippen LogP contribution in [0.4, 0.5) is 0 Å². The number of phenols is 1. The second-order valence-corrected chi connectivity index (χ2v) is 4.30. The predicted molar refractivity (Wildman–Crippen MR) is 70.6 cm³/mol. The Kier molecular flexibility index (Phi) is 3.92. The minimum atomic E-state index is -0.448. The van der Waals surface area contributed by atoms with Crippen LogP contribution in [-0.2, 0) is 0 Å². The van der Waals surface area contributed by atoms with Gasteiger partial charge in [0, 0.05) is 18.0 Å². The summed E-state index contributed by atoms with van der Waals surface area (Å²) >= 11 is 5.84. The maximum Gasteiger partial charge on any atom is 0.174 e. The lowest BCUT2D eigenvalue weighted by atomic mass is 10.0. The molecule has 0 radical (unpaired) electrons. The van der Waals surface area contributed by atoms with Crippen molar-refractivity contribution < 1.29 is 14.7 Å². The highest BCUT2D eigenvalue weighted by Crippen LogP contribution is 2.20. The molecule has 0 aliphatic heterocycles. The number of carbonyl (C=O) groups excluding carboxylic acids is 2. The summed E-state index contributed by atoms with van der Waals surface area (Å²) in [7, 11) is 0. The number of aromatic hydroxyl groups is 1. The van der Waals surface area contributed by atoms with Crippen LogP contribution >= 0.6 is 11.6 Å². The van der Waals surface area contributed by atoms with Crippen molar-refractivity contribution in [2.75, 3.05) is 0 Å². The average Bonchev–Trinajstić information content (AvgIpc) is 2.39. The molecular formula is C14H10ClNO3. The molecule has 0 fully saturated rings. The number of carbonyl (C=O) groups is 2. The molecule has 0 amide bonds. The van der Waals surface area contributed by atoms with E-state index in [0.29, 0.717) is 0 Å². The Morgan fingerprint density at radius 2 is 1.79 bits per heavy atom. The monoisotopic (exact) mass is 275 g/mol. The molecule has 2 aromatic rings. The molecular weight excluding hydrogens is 266 g/mol. The van der Waals surface area contributed by atoms with Gasteiger partial charge in [-0.05, 0) is 18.2 Å². The summed E-state index contributed by atoms with van der Waals surface area (Å²) in [5, 5.41) is 9.76. The van der Waals surface area contributed by atoms with E-state index in [1.54, 1.807) is 12.1 Å². The zero-order valence-corrected chi connectivity index (χ0v) is 10.6. The van der Waals surface area contributed by atoms with E-state index in [1.165, 1.54) is 30.6 Å². The van der Waals surface area contributed by atoms with E-state index in [-0.39, 0.29) is 28.3 Å². The number of para-hydroxylation sites is 1. The third kappa shape index (κ3) is 2.98. The fourth-order valence-corrected chi connectivity index (χ4v) is 1.87. The lowest BCUT2D eigenvalue weighted by Gasteiger charge is -2.04. The van der Waals surface area contributed by atoms with E-state index in [9.17, 15) is 14.7 Å². The SMILES string of the molecule is O=C(CC(=O)c1ccncc1Cl)c1ccccc1O. The van der Waals surface area contributed by atoms with Crippen LogP contribution in [0, 0.1) is 0 Å². The topological polar surface area (TPSA) is 67.3 Å². The summed E-state index contributed by atoms with van der Waals surface area (Å²) < 4.78 is 0. The van der Waals surface area contributed by atoms with Crippen molar-refractivity contribution in [2.24, 2.45) is 0 Å². The number of nitrogens with zero attached hydrogens (tertiary/aromatic N) is 1. The van der Waals surface area contributed by atoms with Gasteiger partial charge in [-0.1, -0.05) is 23.7 Å². The van der Waals surface area contributed by atoms with Crippen molar-refractivity contribution >= 4 is 23.2 Å². The molecule has 1 aromatic heterocycles. The van der Waals surface area contributed by atoms with E-state index in [1.807, 2.05) is 0 Å². The molecule has 0 atom stereocenters. The molecule has 96 valence electrons. The van der Waals surface area contributed by atoms with Crippen LogP contribution < -0.4 is 0 Å². The van der Waals surface area contributed by atoms with Crippen molar-refractivity contribution in [2.45, 2.75) is 6.42 Å². The van der Waals surface area contributed by atoms with E-state index < -0.39 is 11.6 Å². The molecule has 5 heteroatoms. The van der Waals surface area contributed by atoms with Crippen LogP contribution in [-0.4, -0.2) is 21.7 Å². The van der Waals surface area contributed by atoms with E-state index in [4.69, 9.17) is 11.6 Å². The van der Waals surface area contributed by atoms with Gasteiger partial charge in [0.25, 0.3) is 0 Å². The maximum absolute atomic E-state index is 11.9. The molecule has 0 bridgehead atoms. The molecule has 0 aliphatic rings. The highest BCUT2D eigenvalue weighted by atomic mass is 35.5. The number of benzene rings is 1. The number of hydrogen-bond donors (Lipinski definition) is 1. The highest BCUT2D eigenvalue weighted by molar-refractivity contribution is 6.34. The lowest BCUT2D eigenvalue weighted by molar-refractivity contribution is 0.0893. The zero-order chi connectivity index (χ0) is 13.8. The Balaban J connectivity index is 2.19. The molecule has 1 aromatic carbocycles. The Hall–Kier alpha value is -2.20. The second kappa shape index (κ2) is 5.63. The standard InChI is InChI=1S/C14H10ClNO3/c15-11-8-16-6-5-9(11)13(18)7-14(19)10-3-1-2-4-12(10)17/h1-6,8,17H,7H2. The quantitative estimate of drug-likeness (QED) is 0.688. The molecule has 0 saturated carbocycles. The highest BCUT2D eigenvalue weighted by Gasteiger charge is 2.17. The first kappa shape index (κ1) is 13.2. The van der Waals surface area contributed by atoms with Gasteiger partial charge < -0.3 is 5.11 Å². The van der Waals surface area contributed by atoms with Gasteiger partial charge >= 0.3 is 0 Å². The summed E-state index contributed by atoms with van der Waals surface area (Å²) in [6.07, 6.45) is 2.43. The number of pyridine rings is 1. The normalized spacial score (nSPS) is 10.2. The van der Waals surface area contributed by atoms with Crippen molar-refractivity contribution in [1.82, 2.24) is 4.98 Å². The van der Waals surface area contributed by atoms with E-state index >= 15 is 0 Å². The Morgan fingerprint density at radius 3 is 2.47 bits per heavy atom. The minimum Gasteiger partial charge on any atom is -0.507 e. The summed E-state index contributed by atoms with van der Waals surface area (Å²) in [4.78, 5) is 27.6. The van der Waals surface area contributed by atoms with Crippen molar-refractivity contribution in [3.63, 3.8) is 0 Å². The molecule has 0 aliphatic carbocycles. The number of phenolic OH excluding ortho intramolecular Hbond substituents is 1. The van der Waals surface area contributed by atoms with Crippen LogP contribution in [0.5, 0.6) is 5.75 Å². The van der Waals surface area contributed by atoms with E-state index in [0.717, 1.165) is 0 Å². The summed E-state index contributed by atoms with van der Waals surface area (Å²) in [6.45, 7) is 0. The molecule has 19 heavy (non-hydrogen) atoms. The first-order valence-electron chi connectivity index (χ1n) is 5.53. The summed E-state index contributed by atoms with van der Waals surface area (Å²) in [6, 6.07) is 7.56. The Morgan fingerprint density at radius 1 is 1.11 bits per heavy atom. The number of aromatic nitrogens is 1. The number of ketones is 2. The van der Waals surface area contributed by atoms with Crippen LogP contribution in [0.15, 0.2) is 42.7 Å². The molecule has 0 spiro atoms. The van der Waals surface area contributed by atoms with Gasteiger partial charge in [0.15, 0.2) is 11.6 Å². The average molecular weight is 276 g/mol. The smallest absolute Gasteiger partial charge is 0.174 e. The van der Waals surface area contributed by atoms with Crippen LogP contribution in [0.1, 0.15) is 27.1 Å². The van der Waals surface area contributed by atoms with Gasteiger partial charge in [0.2, 0.25) is 0 Å². The van der Waals surface area contributed by atoms with Crippen LogP contribution in [0.3, 0.4) is 0 Å². The lowest BCUT2D eigenvalue weighted by Crippen LogP contribution is -2.09. The summed E-state index contributed by atoms with van der Waals surface area (Å²) in [5.41, 5.74) is 0.376. The van der Waals surface area contributed by atoms with Gasteiger partial charge in [-0.15, -0.1) is 0 Å². The van der Waals surface area contributed by atoms with Crippen molar-refractivity contribution in [3.05, 3.63) is 58.9 Å². The fraction of sp³-hybridized carbons (Fsp3) is 0.0714. The molecule has 1 N–H and O–H groups in total. The first-order valence-corrected chi connectivity index (χ1v) is 5.91. The second-order valence-electron chi connectivity index (χ2n) is 3.90. The predicted octanol–water partition coefficient (Wildman–Crippen LogP) is 2.90. The maximum atomic E-state index is 11.9. The van der Waals surface area contributed by atoms with Gasteiger partial charge in [-0.3, -0.25) is 14.6 Å². The van der Waals surface area contributed by atoms with Crippen LogP contribution in [0.2, 0.25) is 5.02 Å². The van der Waals surface area contributed by atoms with Gasteiger partial charge in [-0.25, -0.2) is 0 Å². The van der Waals surface area contributed by atoms with Gasteiger partial charge in [0.05, 0.1) is 17.0 Å². The number of rotatable bonds is 4.